The molecule has 2 N–H and O–H groups in total. The lowest BCUT2D eigenvalue weighted by molar-refractivity contribution is -0.120. The van der Waals surface area contributed by atoms with Crippen molar-refractivity contribution in [3.63, 3.8) is 0 Å². The number of hydrogen-bond donors (Lipinski definition) is 2. The van der Waals surface area contributed by atoms with Crippen molar-refractivity contribution in [2.45, 2.75) is 37.4 Å². The number of thioether (sulfide) groups is 1. The first-order valence-corrected chi connectivity index (χ1v) is 10.1. The van der Waals surface area contributed by atoms with E-state index in [1.807, 2.05) is 56.3 Å². The normalized spacial score (nSPS) is 11.8. The molecule has 3 rings (SSSR count). The van der Waals surface area contributed by atoms with Gasteiger partial charge in [-0.3, -0.25) is 9.89 Å². The number of H-pyrrole nitrogens is 1. The van der Waals surface area contributed by atoms with Crippen molar-refractivity contribution < 1.29 is 9.53 Å². The fourth-order valence-electron chi connectivity index (χ4n) is 2.44. The number of para-hydroxylation sites is 1. The number of nitrogens with zero attached hydrogens (tertiary/aromatic N) is 2. The summed E-state index contributed by atoms with van der Waals surface area (Å²) in [5, 5.41) is 10.7. The average Bonchev–Trinajstić information content (AvgIpc) is 3.13. The van der Waals surface area contributed by atoms with Crippen molar-refractivity contribution in [2.75, 3.05) is 0 Å². The van der Waals surface area contributed by atoms with Crippen molar-refractivity contribution in [1.29, 1.82) is 0 Å². The van der Waals surface area contributed by atoms with Gasteiger partial charge in [0, 0.05) is 11.6 Å². The van der Waals surface area contributed by atoms with E-state index in [0.29, 0.717) is 22.5 Å². The maximum absolute atomic E-state index is 12.3. The average molecular weight is 417 g/mol. The molecule has 0 bridgehead atoms. The predicted molar refractivity (Wildman–Crippen MR) is 111 cm³/mol. The number of aryl methyl sites for hydroxylation is 1. The summed E-state index contributed by atoms with van der Waals surface area (Å²) in [6.07, 6.45) is 0. The van der Waals surface area contributed by atoms with Crippen molar-refractivity contribution in [3.05, 3.63) is 70.5 Å². The summed E-state index contributed by atoms with van der Waals surface area (Å²) in [5.41, 5.74) is 1.93. The Bertz CT molecular complexity index is 947. The highest BCUT2D eigenvalue weighted by molar-refractivity contribution is 8.00. The number of carbonyl (C=O) groups is 1. The van der Waals surface area contributed by atoms with Gasteiger partial charge in [0.2, 0.25) is 11.1 Å². The number of benzene rings is 2. The van der Waals surface area contributed by atoms with Crippen molar-refractivity contribution in [1.82, 2.24) is 20.5 Å². The Morgan fingerprint density at radius 1 is 1.25 bits per heavy atom. The molecule has 0 aliphatic heterocycles. The Morgan fingerprint density at radius 3 is 2.79 bits per heavy atom. The van der Waals surface area contributed by atoms with Gasteiger partial charge in [0.05, 0.1) is 5.25 Å². The molecule has 0 unspecified atom stereocenters. The van der Waals surface area contributed by atoms with Crippen LogP contribution in [0.25, 0.3) is 0 Å². The first-order valence-electron chi connectivity index (χ1n) is 8.80. The molecule has 2 aromatic carbocycles. The SMILES string of the molecule is Cc1ccccc1OCc1nc(S[C@H](C)C(=O)NCc2ccccc2Cl)n[nH]1. The van der Waals surface area contributed by atoms with Crippen LogP contribution in [0.2, 0.25) is 5.02 Å². The van der Waals surface area contributed by atoms with Crippen LogP contribution in [0.1, 0.15) is 23.9 Å². The van der Waals surface area contributed by atoms with Gasteiger partial charge < -0.3 is 10.1 Å². The summed E-state index contributed by atoms with van der Waals surface area (Å²) >= 11 is 7.39. The van der Waals surface area contributed by atoms with Gasteiger partial charge in [-0.2, -0.15) is 0 Å². The van der Waals surface area contributed by atoms with Crippen LogP contribution in [0.15, 0.2) is 53.7 Å². The Kier molecular flexibility index (Phi) is 6.95. The number of rotatable bonds is 8. The maximum Gasteiger partial charge on any atom is 0.233 e. The van der Waals surface area contributed by atoms with E-state index in [1.165, 1.54) is 11.8 Å². The molecule has 146 valence electrons. The molecule has 0 saturated heterocycles. The first kappa shape index (κ1) is 20.2. The third kappa shape index (κ3) is 5.50. The summed E-state index contributed by atoms with van der Waals surface area (Å²) in [7, 11) is 0. The molecule has 8 heteroatoms. The van der Waals surface area contributed by atoms with E-state index in [1.54, 1.807) is 6.07 Å². The zero-order chi connectivity index (χ0) is 19.9. The van der Waals surface area contributed by atoms with Crippen LogP contribution in [0.4, 0.5) is 0 Å². The minimum absolute atomic E-state index is 0.104. The van der Waals surface area contributed by atoms with E-state index in [4.69, 9.17) is 16.3 Å². The Hall–Kier alpha value is -2.51. The zero-order valence-corrected chi connectivity index (χ0v) is 17.2. The quantitative estimate of drug-likeness (QED) is 0.539. The topological polar surface area (TPSA) is 79.9 Å². The van der Waals surface area contributed by atoms with Gasteiger partial charge in [-0.1, -0.05) is 59.8 Å². The molecule has 0 aliphatic carbocycles. The van der Waals surface area contributed by atoms with Gasteiger partial charge in [-0.15, -0.1) is 5.10 Å². The number of carbonyl (C=O) groups excluding carboxylic acids is 1. The van der Waals surface area contributed by atoms with Gasteiger partial charge in [0.15, 0.2) is 5.82 Å². The van der Waals surface area contributed by atoms with E-state index in [-0.39, 0.29) is 17.8 Å². The molecule has 3 aromatic rings. The summed E-state index contributed by atoms with van der Waals surface area (Å²) in [6, 6.07) is 15.2. The second kappa shape index (κ2) is 9.61. The number of nitrogens with one attached hydrogen (secondary N) is 2. The molecule has 28 heavy (non-hydrogen) atoms. The highest BCUT2D eigenvalue weighted by atomic mass is 35.5. The molecule has 0 spiro atoms. The number of aromatic nitrogens is 3. The summed E-state index contributed by atoms with van der Waals surface area (Å²) in [5.74, 6) is 1.31. The van der Waals surface area contributed by atoms with Crippen LogP contribution in [0, 0.1) is 6.92 Å². The summed E-state index contributed by atoms with van der Waals surface area (Å²) in [4.78, 5) is 16.7. The number of amides is 1. The summed E-state index contributed by atoms with van der Waals surface area (Å²) < 4.78 is 5.75. The lowest BCUT2D eigenvalue weighted by atomic mass is 10.2. The Labute approximate surface area is 173 Å². The van der Waals surface area contributed by atoms with Crippen molar-refractivity contribution in [3.8, 4) is 5.75 Å². The van der Waals surface area contributed by atoms with Crippen LogP contribution in [0.5, 0.6) is 5.75 Å². The molecular weight excluding hydrogens is 396 g/mol. The fraction of sp³-hybridized carbons (Fsp3) is 0.250. The van der Waals surface area contributed by atoms with Gasteiger partial charge >= 0.3 is 0 Å². The maximum atomic E-state index is 12.3. The van der Waals surface area contributed by atoms with E-state index in [0.717, 1.165) is 16.9 Å². The minimum Gasteiger partial charge on any atom is -0.485 e. The molecule has 1 aromatic heterocycles. The minimum atomic E-state index is -0.344. The van der Waals surface area contributed by atoms with Crippen LogP contribution in [-0.2, 0) is 17.9 Å². The second-order valence-corrected chi connectivity index (χ2v) is 7.90. The standard InChI is InChI=1S/C20H21ClN4O2S/c1-13-7-3-6-10-17(13)27-12-18-23-20(25-24-18)28-14(2)19(26)22-11-15-8-4-5-9-16(15)21/h3-10,14H,11-12H2,1-2H3,(H,22,26)(H,23,24,25)/t14-/m1/s1. The predicted octanol–water partition coefficient (Wildman–Crippen LogP) is 4.14. The Balaban J connectivity index is 1.49. The van der Waals surface area contributed by atoms with E-state index < -0.39 is 0 Å². The first-order chi connectivity index (χ1) is 13.5. The summed E-state index contributed by atoms with van der Waals surface area (Å²) in [6.45, 7) is 4.46. The van der Waals surface area contributed by atoms with Crippen molar-refractivity contribution in [2.24, 2.45) is 0 Å². The highest BCUT2D eigenvalue weighted by Crippen LogP contribution is 2.21. The fourth-order valence-corrected chi connectivity index (χ4v) is 3.41. The third-order valence-corrected chi connectivity index (χ3v) is 5.36. The number of hydrogen-bond acceptors (Lipinski definition) is 5. The van der Waals surface area contributed by atoms with Gasteiger partial charge in [0.25, 0.3) is 0 Å². The molecule has 1 heterocycles. The van der Waals surface area contributed by atoms with Crippen LogP contribution < -0.4 is 10.1 Å². The highest BCUT2D eigenvalue weighted by Gasteiger charge is 2.17. The lowest BCUT2D eigenvalue weighted by Crippen LogP contribution is -2.30. The van der Waals surface area contributed by atoms with Gasteiger partial charge in [0.1, 0.15) is 12.4 Å². The van der Waals surface area contributed by atoms with Crippen molar-refractivity contribution >= 4 is 29.3 Å². The molecular formula is C20H21ClN4O2S. The molecule has 0 radical (unpaired) electrons. The molecule has 0 aliphatic rings. The molecule has 6 nitrogen and oxygen atoms in total. The molecule has 1 atom stereocenters. The number of ether oxygens (including phenoxy) is 1. The lowest BCUT2D eigenvalue weighted by Gasteiger charge is -2.11. The van der Waals surface area contributed by atoms with Gasteiger partial charge in [-0.05, 0) is 37.1 Å². The molecule has 0 fully saturated rings. The Morgan fingerprint density at radius 2 is 2.00 bits per heavy atom. The van der Waals surface area contributed by atoms with Crippen LogP contribution in [-0.4, -0.2) is 26.3 Å². The smallest absolute Gasteiger partial charge is 0.233 e. The van der Waals surface area contributed by atoms with Crippen LogP contribution >= 0.6 is 23.4 Å². The molecule has 1 amide bonds. The number of halogens is 1. The van der Waals surface area contributed by atoms with Gasteiger partial charge in [-0.25, -0.2) is 4.98 Å². The van der Waals surface area contributed by atoms with E-state index >= 15 is 0 Å². The number of aromatic amines is 1. The third-order valence-electron chi connectivity index (χ3n) is 4.03. The van der Waals surface area contributed by atoms with Crippen LogP contribution in [0.3, 0.4) is 0 Å². The van der Waals surface area contributed by atoms with E-state index in [9.17, 15) is 4.79 Å². The monoisotopic (exact) mass is 416 g/mol. The largest absolute Gasteiger partial charge is 0.485 e. The van der Waals surface area contributed by atoms with E-state index in [2.05, 4.69) is 20.5 Å². The second-order valence-electron chi connectivity index (χ2n) is 6.19. The molecule has 0 saturated carbocycles. The zero-order valence-electron chi connectivity index (χ0n) is 15.6.